The number of fused-ring (bicyclic) bond motifs is 2. The molecule has 0 saturated heterocycles. The average molecular weight is 152 g/mol. The van der Waals surface area contributed by atoms with Crippen molar-refractivity contribution in [3.8, 4) is 0 Å². The zero-order valence-corrected chi connectivity index (χ0v) is 6.90. The van der Waals surface area contributed by atoms with Crippen molar-refractivity contribution in [2.75, 3.05) is 0 Å². The van der Waals surface area contributed by atoms with Crippen LogP contribution in [0.3, 0.4) is 0 Å². The van der Waals surface area contributed by atoms with Crippen molar-refractivity contribution in [1.29, 1.82) is 0 Å². The third kappa shape index (κ3) is 0.797. The highest BCUT2D eigenvalue weighted by Gasteiger charge is 2.47. The highest BCUT2D eigenvalue weighted by atomic mass is 14.9. The van der Waals surface area contributed by atoms with Gasteiger partial charge in [0.25, 0.3) is 0 Å². The number of rotatable bonds is 1. The molecule has 2 nitrogen and oxygen atoms in total. The highest BCUT2D eigenvalue weighted by molar-refractivity contribution is 5.20. The van der Waals surface area contributed by atoms with Crippen molar-refractivity contribution in [3.05, 3.63) is 12.2 Å². The lowest BCUT2D eigenvalue weighted by molar-refractivity contribution is 0.402. The third-order valence-electron chi connectivity index (χ3n) is 3.35. The van der Waals surface area contributed by atoms with E-state index in [1.807, 2.05) is 0 Å². The van der Waals surface area contributed by atoms with Gasteiger partial charge in [-0.2, -0.15) is 0 Å². The first-order valence-corrected chi connectivity index (χ1v) is 4.45. The van der Waals surface area contributed by atoms with E-state index in [1.54, 1.807) is 0 Å². The van der Waals surface area contributed by atoms with Crippen LogP contribution in [0.1, 0.15) is 13.3 Å². The third-order valence-corrected chi connectivity index (χ3v) is 3.35. The van der Waals surface area contributed by atoms with Crippen molar-refractivity contribution in [1.82, 2.24) is 0 Å². The Morgan fingerprint density at radius 3 is 1.82 bits per heavy atom. The van der Waals surface area contributed by atoms with E-state index >= 15 is 0 Å². The Balaban J connectivity index is 2.23. The van der Waals surface area contributed by atoms with Crippen molar-refractivity contribution < 1.29 is 0 Å². The monoisotopic (exact) mass is 152 g/mol. The molecule has 0 aromatic rings. The van der Waals surface area contributed by atoms with E-state index in [0.29, 0.717) is 11.8 Å². The van der Waals surface area contributed by atoms with Crippen molar-refractivity contribution in [2.24, 2.45) is 29.2 Å². The Morgan fingerprint density at radius 2 is 1.55 bits per heavy atom. The van der Waals surface area contributed by atoms with Gasteiger partial charge >= 0.3 is 0 Å². The van der Waals surface area contributed by atoms with Gasteiger partial charge in [-0.15, -0.1) is 0 Å². The molecule has 0 aromatic carbocycles. The molecule has 0 aromatic heterocycles. The number of nitrogens with two attached hydrogens (primary N) is 2. The molecule has 2 unspecified atom stereocenters. The van der Waals surface area contributed by atoms with E-state index in [2.05, 4.69) is 19.1 Å². The smallest absolute Gasteiger partial charge is 0.0264 e. The molecule has 0 aliphatic heterocycles. The summed E-state index contributed by atoms with van der Waals surface area (Å²) in [5.74, 6) is 1.87. The fraction of sp³-hybridized carbons (Fsp3) is 0.778. The molecular formula is C9H16N2. The second kappa shape index (κ2) is 2.32. The van der Waals surface area contributed by atoms with E-state index in [-0.39, 0.29) is 12.1 Å². The molecule has 62 valence electrons. The average Bonchev–Trinajstić information content (AvgIpc) is 2.50. The highest BCUT2D eigenvalue weighted by Crippen LogP contribution is 2.44. The molecule has 0 radical (unpaired) electrons. The van der Waals surface area contributed by atoms with Crippen LogP contribution in [-0.4, -0.2) is 12.1 Å². The molecule has 2 aliphatic carbocycles. The Morgan fingerprint density at radius 1 is 1.09 bits per heavy atom. The van der Waals surface area contributed by atoms with Gasteiger partial charge in [-0.3, -0.25) is 0 Å². The summed E-state index contributed by atoms with van der Waals surface area (Å²) in [4.78, 5) is 0. The van der Waals surface area contributed by atoms with Crippen LogP contribution in [-0.2, 0) is 0 Å². The molecule has 2 aliphatic rings. The molecule has 2 bridgehead atoms. The van der Waals surface area contributed by atoms with Gasteiger partial charge in [-0.05, 0) is 17.8 Å². The summed E-state index contributed by atoms with van der Waals surface area (Å²) in [7, 11) is 0. The molecule has 1 saturated carbocycles. The van der Waals surface area contributed by atoms with Crippen LogP contribution in [0.5, 0.6) is 0 Å². The Kier molecular flexibility index (Phi) is 1.55. The first kappa shape index (κ1) is 7.32. The summed E-state index contributed by atoms with van der Waals surface area (Å²) >= 11 is 0. The van der Waals surface area contributed by atoms with Crippen LogP contribution in [0, 0.1) is 17.8 Å². The number of hydrogen-bond acceptors (Lipinski definition) is 2. The topological polar surface area (TPSA) is 52.0 Å². The largest absolute Gasteiger partial charge is 0.326 e. The Bertz CT molecular complexity index is 170. The Hall–Kier alpha value is -0.340. The molecule has 4 atom stereocenters. The van der Waals surface area contributed by atoms with Crippen molar-refractivity contribution >= 4 is 0 Å². The minimum atomic E-state index is 0.218. The second-order valence-electron chi connectivity index (χ2n) is 3.77. The normalized spacial score (nSPS) is 53.9. The van der Waals surface area contributed by atoms with Crippen molar-refractivity contribution in [2.45, 2.75) is 25.4 Å². The summed E-state index contributed by atoms with van der Waals surface area (Å²) < 4.78 is 0. The molecule has 0 spiro atoms. The molecule has 0 heterocycles. The summed E-state index contributed by atoms with van der Waals surface area (Å²) in [6.07, 6.45) is 5.73. The molecular weight excluding hydrogens is 136 g/mol. The van der Waals surface area contributed by atoms with E-state index in [0.717, 1.165) is 5.92 Å². The van der Waals surface area contributed by atoms with Gasteiger partial charge < -0.3 is 11.5 Å². The van der Waals surface area contributed by atoms with Crippen molar-refractivity contribution in [3.63, 3.8) is 0 Å². The van der Waals surface area contributed by atoms with E-state index in [1.165, 1.54) is 6.42 Å². The summed E-state index contributed by atoms with van der Waals surface area (Å²) in [6, 6.07) is 0.435. The van der Waals surface area contributed by atoms with Gasteiger partial charge in [-0.25, -0.2) is 0 Å². The van der Waals surface area contributed by atoms with Crippen LogP contribution in [0.15, 0.2) is 12.2 Å². The SMILES string of the molecule is CCC1C2C=CC1[C@@H](N)[C@@H]2N. The van der Waals surface area contributed by atoms with Gasteiger partial charge in [0.15, 0.2) is 0 Å². The lowest BCUT2D eigenvalue weighted by Crippen LogP contribution is -2.43. The summed E-state index contributed by atoms with van der Waals surface area (Å²) in [5, 5.41) is 0. The predicted octanol–water partition coefficient (Wildman–Crippen LogP) is 0.483. The van der Waals surface area contributed by atoms with Gasteiger partial charge in [0.2, 0.25) is 0 Å². The minimum absolute atomic E-state index is 0.218. The molecule has 4 N–H and O–H groups in total. The standard InChI is InChI=1S/C9H16N2/c1-2-5-6-3-4-7(5)9(11)8(6)10/h3-9H,2,10-11H2,1H3/t5?,6?,7?,8-,9-/m1/s1. The molecule has 2 rings (SSSR count). The first-order chi connectivity index (χ1) is 5.25. The zero-order chi connectivity index (χ0) is 8.01. The van der Waals surface area contributed by atoms with Gasteiger partial charge in [0.05, 0.1) is 0 Å². The summed E-state index contributed by atoms with van der Waals surface area (Å²) in [6.45, 7) is 2.22. The predicted molar refractivity (Wildman–Crippen MR) is 45.9 cm³/mol. The van der Waals surface area contributed by atoms with E-state index in [9.17, 15) is 0 Å². The maximum absolute atomic E-state index is 5.95. The van der Waals surface area contributed by atoms with Crippen LogP contribution < -0.4 is 11.5 Å². The zero-order valence-electron chi connectivity index (χ0n) is 6.90. The minimum Gasteiger partial charge on any atom is -0.326 e. The maximum atomic E-state index is 5.95. The van der Waals surface area contributed by atoms with Gasteiger partial charge in [0, 0.05) is 12.1 Å². The molecule has 1 fully saturated rings. The van der Waals surface area contributed by atoms with Gasteiger partial charge in [0.1, 0.15) is 0 Å². The maximum Gasteiger partial charge on any atom is 0.0264 e. The molecule has 2 heteroatoms. The molecule has 0 amide bonds. The lowest BCUT2D eigenvalue weighted by atomic mass is 9.93. The fourth-order valence-corrected chi connectivity index (χ4v) is 2.68. The van der Waals surface area contributed by atoms with Gasteiger partial charge in [-0.1, -0.05) is 25.5 Å². The number of hydrogen-bond donors (Lipinski definition) is 2. The lowest BCUT2D eigenvalue weighted by Gasteiger charge is -2.19. The second-order valence-corrected chi connectivity index (χ2v) is 3.77. The Labute approximate surface area is 67.6 Å². The van der Waals surface area contributed by atoms with Crippen LogP contribution in [0.4, 0.5) is 0 Å². The first-order valence-electron chi connectivity index (χ1n) is 4.45. The summed E-state index contributed by atoms with van der Waals surface area (Å²) in [5.41, 5.74) is 11.9. The van der Waals surface area contributed by atoms with Crippen LogP contribution in [0.2, 0.25) is 0 Å². The molecule has 11 heavy (non-hydrogen) atoms. The fourth-order valence-electron chi connectivity index (χ4n) is 2.68. The van der Waals surface area contributed by atoms with Crippen LogP contribution in [0.25, 0.3) is 0 Å². The quantitative estimate of drug-likeness (QED) is 0.537. The van der Waals surface area contributed by atoms with E-state index in [4.69, 9.17) is 11.5 Å². The van der Waals surface area contributed by atoms with Crippen LogP contribution >= 0.6 is 0 Å². The van der Waals surface area contributed by atoms with E-state index < -0.39 is 0 Å².